The van der Waals surface area contributed by atoms with E-state index in [9.17, 15) is 52.7 Å². The molecule has 4 unspecified atom stereocenters. The molecule has 4 atom stereocenters. The number of hydrogen-bond donors (Lipinski definition) is 0. The van der Waals surface area contributed by atoms with Crippen LogP contribution in [0.1, 0.15) is 33.6 Å². The lowest BCUT2D eigenvalue weighted by molar-refractivity contribution is -0.543. The first-order chi connectivity index (χ1) is 13.0. The predicted octanol–water partition coefficient (Wildman–Crippen LogP) is 5.73. The Kier molecular flexibility index (Phi) is 5.89. The first-order valence-corrected chi connectivity index (χ1v) is 8.25. The highest BCUT2D eigenvalue weighted by Gasteiger charge is 2.70. The van der Waals surface area contributed by atoms with Gasteiger partial charge in [-0.15, -0.1) is 0 Å². The lowest BCUT2D eigenvalue weighted by Gasteiger charge is -2.66. The molecule has 3 fully saturated rings. The van der Waals surface area contributed by atoms with Gasteiger partial charge in [0.05, 0.1) is 0 Å². The maximum Gasteiger partial charge on any atom is 0.490 e. The zero-order valence-electron chi connectivity index (χ0n) is 15.4. The minimum Gasteiger partial charge on any atom is -0.278 e. The van der Waals surface area contributed by atoms with Crippen LogP contribution in [-0.2, 0) is 9.68 Å². The van der Waals surface area contributed by atoms with Crippen LogP contribution in [0.5, 0.6) is 0 Å². The van der Waals surface area contributed by atoms with Gasteiger partial charge in [0, 0.05) is 10.1 Å². The summed E-state index contributed by atoms with van der Waals surface area (Å²) in [6, 6.07) is 0. The number of rotatable bonds is 4. The zero-order valence-corrected chi connectivity index (χ0v) is 15.4. The Balaban J connectivity index is 2.47. The normalized spacial score (nSPS) is 32.5. The second-order valence-electron chi connectivity index (χ2n) is 7.87. The van der Waals surface area contributed by atoms with Crippen LogP contribution in [0, 0.1) is 17.3 Å². The first-order valence-electron chi connectivity index (χ1n) is 8.25. The van der Waals surface area contributed by atoms with E-state index in [1.54, 1.807) is 0 Å². The smallest absolute Gasteiger partial charge is 0.278 e. The highest BCUT2D eigenvalue weighted by atomic mass is 19.4. The molecule has 16 heteroatoms. The average Bonchev–Trinajstić information content (AvgIpc) is 2.46. The third kappa shape index (κ3) is 4.46. The second-order valence-corrected chi connectivity index (χ2v) is 7.87. The fraction of sp³-hybridized carbons (Fsp3) is 1.00. The molecule has 3 aliphatic rings. The number of alkyl halides is 12. The maximum atomic E-state index is 12.9. The number of fused-ring (bicyclic) bond motifs is 2. The van der Waals surface area contributed by atoms with Gasteiger partial charge >= 0.3 is 25.2 Å². The van der Waals surface area contributed by atoms with Crippen molar-refractivity contribution in [2.45, 2.75) is 70.5 Å². The van der Waals surface area contributed by atoms with E-state index < -0.39 is 70.7 Å². The Morgan fingerprint density at radius 3 is 1.40 bits per heavy atom. The molecule has 0 aliphatic heterocycles. The van der Waals surface area contributed by atoms with Crippen molar-refractivity contribution < 1.29 is 62.4 Å². The molecule has 178 valence electrons. The summed E-state index contributed by atoms with van der Waals surface area (Å²) in [7, 11) is 0. The maximum absolute atomic E-state index is 12.9. The molecule has 3 aliphatic carbocycles. The van der Waals surface area contributed by atoms with Gasteiger partial charge in [0.15, 0.2) is 0 Å². The van der Waals surface area contributed by atoms with Crippen molar-refractivity contribution >= 4 is 0 Å². The summed E-state index contributed by atoms with van der Waals surface area (Å²) in [5, 5.41) is -4.69. The van der Waals surface area contributed by atoms with E-state index in [0.717, 1.165) is 0 Å². The fourth-order valence-corrected chi connectivity index (χ4v) is 4.21. The van der Waals surface area contributed by atoms with E-state index in [1.165, 1.54) is 13.8 Å². The average molecular weight is 472 g/mol. The third-order valence-electron chi connectivity index (χ3n) is 5.74. The van der Waals surface area contributed by atoms with Crippen molar-refractivity contribution in [3.8, 4) is 0 Å². The quantitative estimate of drug-likeness (QED) is 0.297. The van der Waals surface area contributed by atoms with Crippen LogP contribution in [0.25, 0.3) is 0 Å². The van der Waals surface area contributed by atoms with E-state index in [2.05, 4.69) is 9.68 Å². The Bertz CT molecular complexity index is 613. The van der Waals surface area contributed by atoms with Crippen LogP contribution in [0.2, 0.25) is 0 Å². The predicted molar refractivity (Wildman–Crippen MR) is 72.3 cm³/mol. The topological polar surface area (TPSA) is 24.9 Å². The lowest BCUT2D eigenvalue weighted by atomic mass is 9.43. The van der Waals surface area contributed by atoms with Gasteiger partial charge in [0.1, 0.15) is 11.7 Å². The number of halogens is 12. The van der Waals surface area contributed by atoms with Gasteiger partial charge in [-0.25, -0.2) is 0 Å². The summed E-state index contributed by atoms with van der Waals surface area (Å²) in [5.41, 5.74) is -3.84. The van der Waals surface area contributed by atoms with Crippen molar-refractivity contribution in [1.29, 1.82) is 0 Å². The molecule has 2 bridgehead atoms. The number of nitrogens with zero attached hydrogens (tertiary/aromatic N) is 2. The van der Waals surface area contributed by atoms with E-state index in [-0.39, 0.29) is 6.42 Å². The standard InChI is InChI=1S/C14H16F12N2O2/c1-9(2)6-4-7(9)10(3,30-28(13(21,22)23)14(24,25)26)8(5-6)29-27(11(15,16)17)12(18,19)20/h6-8H,4-5H2,1-3H3. The van der Waals surface area contributed by atoms with Crippen molar-refractivity contribution in [3.05, 3.63) is 0 Å². The molecule has 3 rings (SSSR count). The highest BCUT2D eigenvalue weighted by Crippen LogP contribution is 2.65. The Labute approximate surface area is 161 Å². The van der Waals surface area contributed by atoms with E-state index >= 15 is 0 Å². The van der Waals surface area contributed by atoms with Crippen LogP contribution in [0.3, 0.4) is 0 Å². The molecular weight excluding hydrogens is 456 g/mol. The van der Waals surface area contributed by atoms with Crippen molar-refractivity contribution in [2.75, 3.05) is 0 Å². The Hall–Kier alpha value is -1.00. The SMILES string of the molecule is CC1(C)C2CC(ON(C(F)(F)F)C(F)(F)F)C(C)(ON(C(F)(F)F)C(F)(F)F)C1C2. The largest absolute Gasteiger partial charge is 0.490 e. The molecule has 30 heavy (non-hydrogen) atoms. The monoisotopic (exact) mass is 472 g/mol. The van der Waals surface area contributed by atoms with Gasteiger partial charge in [-0.1, -0.05) is 13.8 Å². The van der Waals surface area contributed by atoms with E-state index in [0.29, 0.717) is 6.92 Å². The van der Waals surface area contributed by atoms with E-state index in [1.807, 2.05) is 0 Å². The summed E-state index contributed by atoms with van der Waals surface area (Å²) in [4.78, 5) is 8.08. The molecular formula is C14H16F12N2O2. The summed E-state index contributed by atoms with van der Waals surface area (Å²) >= 11 is 0. The van der Waals surface area contributed by atoms with Gasteiger partial charge < -0.3 is 0 Å². The molecule has 0 spiro atoms. The fourth-order valence-electron chi connectivity index (χ4n) is 4.21. The number of hydroxylamine groups is 4. The second kappa shape index (κ2) is 7.00. The van der Waals surface area contributed by atoms with Crippen molar-refractivity contribution in [2.24, 2.45) is 17.3 Å². The van der Waals surface area contributed by atoms with Crippen LogP contribution in [0.4, 0.5) is 52.7 Å². The molecule has 0 aromatic heterocycles. The molecule has 0 radical (unpaired) electrons. The van der Waals surface area contributed by atoms with E-state index in [4.69, 9.17) is 0 Å². The first kappa shape index (κ1) is 25.3. The molecule has 0 saturated heterocycles. The Morgan fingerprint density at radius 1 is 0.667 bits per heavy atom. The molecule has 4 nitrogen and oxygen atoms in total. The van der Waals surface area contributed by atoms with Crippen LogP contribution in [-0.4, -0.2) is 47.0 Å². The summed E-state index contributed by atoms with van der Waals surface area (Å²) in [5.74, 6) is -1.86. The van der Waals surface area contributed by atoms with Gasteiger partial charge in [0.25, 0.3) is 0 Å². The van der Waals surface area contributed by atoms with Gasteiger partial charge in [-0.3, -0.25) is 9.68 Å². The van der Waals surface area contributed by atoms with Crippen LogP contribution in [0.15, 0.2) is 0 Å². The van der Waals surface area contributed by atoms with Gasteiger partial charge in [-0.2, -0.15) is 52.7 Å². The molecule has 0 N–H and O–H groups in total. The number of hydrogen-bond acceptors (Lipinski definition) is 4. The molecule has 3 saturated carbocycles. The van der Waals surface area contributed by atoms with Gasteiger partial charge in [-0.05, 0) is 37.0 Å². The summed E-state index contributed by atoms with van der Waals surface area (Å²) in [6.07, 6.45) is -27.8. The van der Waals surface area contributed by atoms with Gasteiger partial charge in [0.2, 0.25) is 0 Å². The Morgan fingerprint density at radius 2 is 1.07 bits per heavy atom. The van der Waals surface area contributed by atoms with Crippen molar-refractivity contribution in [1.82, 2.24) is 10.1 Å². The summed E-state index contributed by atoms with van der Waals surface area (Å²) < 4.78 is 154. The third-order valence-corrected chi connectivity index (χ3v) is 5.74. The van der Waals surface area contributed by atoms with Crippen LogP contribution < -0.4 is 0 Å². The molecule has 0 heterocycles. The summed E-state index contributed by atoms with van der Waals surface area (Å²) in [6.45, 7) is 3.41. The molecule has 0 aromatic carbocycles. The molecule has 0 amide bonds. The minimum absolute atomic E-state index is 0.0645. The zero-order chi connectivity index (χ0) is 23.7. The minimum atomic E-state index is -6.18. The van der Waals surface area contributed by atoms with Crippen molar-refractivity contribution in [3.63, 3.8) is 0 Å². The highest BCUT2D eigenvalue weighted by molar-refractivity contribution is 5.13. The van der Waals surface area contributed by atoms with Crippen LogP contribution >= 0.6 is 0 Å². The lowest BCUT2D eigenvalue weighted by Crippen LogP contribution is -2.71. The molecule has 0 aromatic rings.